The SMILES string of the molecule is CC(C)c1ccccc1/C(N)=N/C=C\C(C)(C)C. The minimum absolute atomic E-state index is 0.126. The molecule has 0 unspecified atom stereocenters. The molecule has 0 bridgehead atoms. The highest BCUT2D eigenvalue weighted by Crippen LogP contribution is 2.19. The van der Waals surface area contributed by atoms with Crippen molar-refractivity contribution in [3.63, 3.8) is 0 Å². The van der Waals surface area contributed by atoms with Gasteiger partial charge in [-0.25, -0.2) is 4.99 Å². The summed E-state index contributed by atoms with van der Waals surface area (Å²) in [5, 5.41) is 0. The molecule has 0 atom stereocenters. The van der Waals surface area contributed by atoms with E-state index in [-0.39, 0.29) is 5.41 Å². The Bertz CT molecular complexity index is 448. The van der Waals surface area contributed by atoms with Crippen LogP contribution in [0.15, 0.2) is 41.5 Å². The predicted molar refractivity (Wildman–Crippen MR) is 79.9 cm³/mol. The summed E-state index contributed by atoms with van der Waals surface area (Å²) in [6, 6.07) is 8.17. The lowest BCUT2D eigenvalue weighted by atomic mass is 9.96. The van der Waals surface area contributed by atoms with E-state index in [1.165, 1.54) is 5.56 Å². The molecule has 1 aromatic carbocycles. The van der Waals surface area contributed by atoms with Crippen molar-refractivity contribution in [2.45, 2.75) is 40.5 Å². The minimum Gasteiger partial charge on any atom is -0.383 e. The summed E-state index contributed by atoms with van der Waals surface area (Å²) in [5.41, 5.74) is 8.46. The summed E-state index contributed by atoms with van der Waals surface area (Å²) in [4.78, 5) is 4.34. The molecule has 0 aliphatic heterocycles. The third-order valence-corrected chi connectivity index (χ3v) is 2.65. The van der Waals surface area contributed by atoms with Gasteiger partial charge >= 0.3 is 0 Å². The molecule has 98 valence electrons. The molecule has 0 fully saturated rings. The lowest BCUT2D eigenvalue weighted by Gasteiger charge is -2.12. The van der Waals surface area contributed by atoms with Crippen molar-refractivity contribution in [2.75, 3.05) is 0 Å². The Morgan fingerprint density at radius 1 is 1.22 bits per heavy atom. The van der Waals surface area contributed by atoms with Crippen molar-refractivity contribution in [2.24, 2.45) is 16.1 Å². The number of rotatable bonds is 3. The van der Waals surface area contributed by atoms with Crippen LogP contribution in [0.4, 0.5) is 0 Å². The van der Waals surface area contributed by atoms with E-state index in [2.05, 4.69) is 51.8 Å². The number of benzene rings is 1. The van der Waals surface area contributed by atoms with Crippen LogP contribution in [0, 0.1) is 5.41 Å². The smallest absolute Gasteiger partial charge is 0.130 e. The van der Waals surface area contributed by atoms with E-state index in [4.69, 9.17) is 5.73 Å². The lowest BCUT2D eigenvalue weighted by Crippen LogP contribution is -2.15. The predicted octanol–water partition coefficient (Wildman–Crippen LogP) is 4.08. The fourth-order valence-electron chi connectivity index (χ4n) is 1.64. The minimum atomic E-state index is 0.126. The van der Waals surface area contributed by atoms with Gasteiger partial charge in [0.2, 0.25) is 0 Å². The topological polar surface area (TPSA) is 38.4 Å². The fourth-order valence-corrected chi connectivity index (χ4v) is 1.64. The Balaban J connectivity index is 3.00. The van der Waals surface area contributed by atoms with Crippen LogP contribution in [0.25, 0.3) is 0 Å². The molecule has 0 radical (unpaired) electrons. The summed E-state index contributed by atoms with van der Waals surface area (Å²) < 4.78 is 0. The van der Waals surface area contributed by atoms with Gasteiger partial charge in [0.15, 0.2) is 0 Å². The molecule has 2 N–H and O–H groups in total. The molecule has 0 saturated heterocycles. The number of nitrogens with two attached hydrogens (primary N) is 1. The van der Waals surface area contributed by atoms with Crippen molar-refractivity contribution in [1.82, 2.24) is 0 Å². The molecular formula is C16H24N2. The van der Waals surface area contributed by atoms with Gasteiger partial charge in [0, 0.05) is 11.8 Å². The zero-order valence-corrected chi connectivity index (χ0v) is 12.1. The average Bonchev–Trinajstić information content (AvgIpc) is 2.27. The maximum atomic E-state index is 6.06. The molecule has 0 saturated carbocycles. The maximum absolute atomic E-state index is 6.06. The first-order chi connectivity index (χ1) is 8.31. The van der Waals surface area contributed by atoms with E-state index in [1.807, 2.05) is 18.2 Å². The molecule has 2 heteroatoms. The third-order valence-electron chi connectivity index (χ3n) is 2.65. The van der Waals surface area contributed by atoms with Crippen LogP contribution < -0.4 is 5.73 Å². The first kappa shape index (κ1) is 14.5. The zero-order chi connectivity index (χ0) is 13.8. The molecule has 0 amide bonds. The molecule has 0 aromatic heterocycles. The van der Waals surface area contributed by atoms with E-state index in [0.717, 1.165) is 5.56 Å². The highest BCUT2D eigenvalue weighted by Gasteiger charge is 2.08. The number of allylic oxidation sites excluding steroid dienone is 1. The Morgan fingerprint density at radius 2 is 1.83 bits per heavy atom. The van der Waals surface area contributed by atoms with E-state index in [9.17, 15) is 0 Å². The van der Waals surface area contributed by atoms with Crippen molar-refractivity contribution >= 4 is 5.84 Å². The molecule has 18 heavy (non-hydrogen) atoms. The van der Waals surface area contributed by atoms with Gasteiger partial charge in [0.05, 0.1) is 0 Å². The zero-order valence-electron chi connectivity index (χ0n) is 12.1. The van der Waals surface area contributed by atoms with E-state index in [0.29, 0.717) is 11.8 Å². The van der Waals surface area contributed by atoms with Gasteiger partial charge in [-0.15, -0.1) is 0 Å². The molecule has 0 aliphatic rings. The van der Waals surface area contributed by atoms with Crippen LogP contribution >= 0.6 is 0 Å². The number of amidine groups is 1. The molecule has 1 rings (SSSR count). The van der Waals surface area contributed by atoms with Crippen LogP contribution in [0.5, 0.6) is 0 Å². The van der Waals surface area contributed by atoms with Gasteiger partial charge < -0.3 is 5.73 Å². The summed E-state index contributed by atoms with van der Waals surface area (Å²) >= 11 is 0. The van der Waals surface area contributed by atoms with E-state index >= 15 is 0 Å². The highest BCUT2D eigenvalue weighted by atomic mass is 14.8. The summed E-state index contributed by atoms with van der Waals surface area (Å²) in [7, 11) is 0. The number of nitrogens with zero attached hydrogens (tertiary/aromatic N) is 1. The second-order valence-electron chi connectivity index (χ2n) is 5.94. The molecule has 0 spiro atoms. The summed E-state index contributed by atoms with van der Waals surface area (Å²) in [5.74, 6) is 1.03. The average molecular weight is 244 g/mol. The van der Waals surface area contributed by atoms with Gasteiger partial charge in [-0.2, -0.15) is 0 Å². The second kappa shape index (κ2) is 5.85. The van der Waals surface area contributed by atoms with Gasteiger partial charge in [-0.1, -0.05) is 65.0 Å². The van der Waals surface area contributed by atoms with E-state index in [1.54, 1.807) is 6.20 Å². The van der Waals surface area contributed by atoms with Gasteiger partial charge in [-0.3, -0.25) is 0 Å². The molecule has 0 aliphatic carbocycles. The largest absolute Gasteiger partial charge is 0.383 e. The third kappa shape index (κ3) is 4.36. The van der Waals surface area contributed by atoms with Crippen LogP contribution in [-0.4, -0.2) is 5.84 Å². The molecule has 0 heterocycles. The van der Waals surface area contributed by atoms with Crippen molar-refractivity contribution < 1.29 is 0 Å². The second-order valence-corrected chi connectivity index (χ2v) is 5.94. The highest BCUT2D eigenvalue weighted by molar-refractivity contribution is 5.99. The number of aliphatic imine (C=N–C) groups is 1. The first-order valence-electron chi connectivity index (χ1n) is 6.41. The van der Waals surface area contributed by atoms with Crippen LogP contribution in [0.2, 0.25) is 0 Å². The first-order valence-corrected chi connectivity index (χ1v) is 6.41. The van der Waals surface area contributed by atoms with Crippen molar-refractivity contribution in [3.8, 4) is 0 Å². The Hall–Kier alpha value is -1.57. The number of hydrogen-bond donors (Lipinski definition) is 1. The van der Waals surface area contributed by atoms with Crippen molar-refractivity contribution in [3.05, 3.63) is 47.7 Å². The molecule has 2 nitrogen and oxygen atoms in total. The van der Waals surface area contributed by atoms with Gasteiger partial charge in [-0.05, 0) is 16.9 Å². The lowest BCUT2D eigenvalue weighted by molar-refractivity contribution is 0.543. The van der Waals surface area contributed by atoms with Gasteiger partial charge in [0.1, 0.15) is 5.84 Å². The number of hydrogen-bond acceptors (Lipinski definition) is 1. The molecular weight excluding hydrogens is 220 g/mol. The van der Waals surface area contributed by atoms with Crippen LogP contribution in [0.3, 0.4) is 0 Å². The van der Waals surface area contributed by atoms with Crippen molar-refractivity contribution in [1.29, 1.82) is 0 Å². The monoisotopic (exact) mass is 244 g/mol. The Kier molecular flexibility index (Phi) is 4.71. The summed E-state index contributed by atoms with van der Waals surface area (Å²) in [6.07, 6.45) is 3.85. The maximum Gasteiger partial charge on any atom is 0.130 e. The Morgan fingerprint density at radius 3 is 2.39 bits per heavy atom. The quantitative estimate of drug-likeness (QED) is 0.631. The summed E-state index contributed by atoms with van der Waals surface area (Å²) in [6.45, 7) is 10.7. The normalized spacial score (nSPS) is 13.6. The van der Waals surface area contributed by atoms with Crippen LogP contribution in [-0.2, 0) is 0 Å². The Labute approximate surface area is 111 Å². The van der Waals surface area contributed by atoms with Crippen LogP contribution in [0.1, 0.15) is 51.7 Å². The molecule has 1 aromatic rings. The standard InChI is InChI=1S/C16H24N2/c1-12(2)13-8-6-7-9-14(13)15(17)18-11-10-16(3,4)5/h6-12H,1-5H3,(H2,17,18)/b11-10-. The fraction of sp³-hybridized carbons (Fsp3) is 0.438. The van der Waals surface area contributed by atoms with E-state index < -0.39 is 0 Å². The van der Waals surface area contributed by atoms with Gasteiger partial charge in [0.25, 0.3) is 0 Å².